The topological polar surface area (TPSA) is 61.6 Å². The van der Waals surface area contributed by atoms with Crippen LogP contribution in [0.5, 0.6) is 0 Å². The van der Waals surface area contributed by atoms with Crippen LogP contribution in [0.3, 0.4) is 0 Å². The molecule has 0 aliphatic heterocycles. The summed E-state index contributed by atoms with van der Waals surface area (Å²) in [5.41, 5.74) is 4.86. The molecule has 0 aromatic heterocycles. The predicted octanol–water partition coefficient (Wildman–Crippen LogP) is 0.114. The van der Waals surface area contributed by atoms with Crippen LogP contribution in [0.25, 0.3) is 0 Å². The summed E-state index contributed by atoms with van der Waals surface area (Å²) in [7, 11) is 4.14. The second kappa shape index (κ2) is 8.45. The van der Waals surface area contributed by atoms with Crippen molar-refractivity contribution in [2.75, 3.05) is 46.8 Å². The first-order chi connectivity index (χ1) is 8.35. The number of hydrogen-bond acceptors (Lipinski definition) is 4. The molecule has 1 unspecified atom stereocenters. The van der Waals surface area contributed by atoms with Crippen LogP contribution in [0.2, 0.25) is 0 Å². The lowest BCUT2D eigenvalue weighted by molar-refractivity contribution is -0.124. The van der Waals surface area contributed by atoms with E-state index < -0.39 is 5.54 Å². The Morgan fingerprint density at radius 3 is 2.28 bits per heavy atom. The summed E-state index contributed by atoms with van der Waals surface area (Å²) in [6.45, 7) is 10.4. The maximum absolute atomic E-state index is 11.6. The lowest BCUT2D eigenvalue weighted by Crippen LogP contribution is -2.59. The Balaban J connectivity index is 4.34. The smallest absolute Gasteiger partial charge is 0.238 e. The Morgan fingerprint density at radius 1 is 1.28 bits per heavy atom. The summed E-state index contributed by atoms with van der Waals surface area (Å²) in [4.78, 5) is 16.0. The van der Waals surface area contributed by atoms with Crippen molar-refractivity contribution in [3.05, 3.63) is 0 Å². The van der Waals surface area contributed by atoms with Gasteiger partial charge in [-0.05, 0) is 53.6 Å². The molecule has 1 amide bonds. The summed E-state index contributed by atoms with van der Waals surface area (Å²) in [5, 5.41) is 3.20. The van der Waals surface area contributed by atoms with E-state index in [9.17, 15) is 4.79 Å². The molecule has 0 rings (SSSR count). The van der Waals surface area contributed by atoms with Crippen molar-refractivity contribution in [2.24, 2.45) is 5.73 Å². The minimum absolute atomic E-state index is 0.282. The molecule has 0 aromatic carbocycles. The monoisotopic (exact) mass is 258 g/mol. The molecule has 1 atom stereocenters. The molecule has 0 aliphatic carbocycles. The lowest BCUT2D eigenvalue weighted by Gasteiger charge is -2.33. The van der Waals surface area contributed by atoms with Crippen molar-refractivity contribution in [1.29, 1.82) is 0 Å². The number of nitrogens with two attached hydrogens (primary N) is 1. The summed E-state index contributed by atoms with van der Waals surface area (Å²) in [6.07, 6.45) is 1.10. The van der Waals surface area contributed by atoms with Gasteiger partial charge >= 0.3 is 0 Å². The number of carbonyl (C=O) groups excluding carboxylic acids is 1. The summed E-state index contributed by atoms with van der Waals surface area (Å²) in [5.74, 6) is -0.282. The molecule has 0 heterocycles. The molecule has 0 spiro atoms. The van der Waals surface area contributed by atoms with Gasteiger partial charge in [-0.25, -0.2) is 0 Å². The van der Waals surface area contributed by atoms with E-state index in [1.165, 1.54) is 0 Å². The Morgan fingerprint density at radius 2 is 1.89 bits per heavy atom. The van der Waals surface area contributed by atoms with E-state index in [0.29, 0.717) is 6.54 Å². The highest BCUT2D eigenvalue weighted by Gasteiger charge is 2.31. The number of primary amides is 1. The van der Waals surface area contributed by atoms with Crippen molar-refractivity contribution >= 4 is 5.91 Å². The average molecular weight is 258 g/mol. The van der Waals surface area contributed by atoms with Gasteiger partial charge in [0.2, 0.25) is 5.91 Å². The fraction of sp³-hybridized carbons (Fsp3) is 0.923. The van der Waals surface area contributed by atoms with Crippen molar-refractivity contribution < 1.29 is 4.79 Å². The Labute approximate surface area is 112 Å². The highest BCUT2D eigenvalue weighted by atomic mass is 16.1. The lowest BCUT2D eigenvalue weighted by atomic mass is 10.0. The molecule has 5 heteroatoms. The van der Waals surface area contributed by atoms with Gasteiger partial charge in [-0.3, -0.25) is 4.79 Å². The van der Waals surface area contributed by atoms with Crippen LogP contribution >= 0.6 is 0 Å². The van der Waals surface area contributed by atoms with Gasteiger partial charge in [0, 0.05) is 6.54 Å². The zero-order valence-electron chi connectivity index (χ0n) is 12.6. The fourth-order valence-electron chi connectivity index (χ4n) is 2.02. The van der Waals surface area contributed by atoms with Gasteiger partial charge in [-0.1, -0.05) is 13.8 Å². The van der Waals surface area contributed by atoms with E-state index in [1.807, 2.05) is 13.8 Å². The quantitative estimate of drug-likeness (QED) is 0.584. The Kier molecular flexibility index (Phi) is 8.15. The number of amides is 1. The number of rotatable bonds is 10. The van der Waals surface area contributed by atoms with E-state index in [1.54, 1.807) is 0 Å². The predicted molar refractivity (Wildman–Crippen MR) is 76.6 cm³/mol. The molecular formula is C13H30N4O. The first kappa shape index (κ1) is 17.4. The van der Waals surface area contributed by atoms with E-state index in [-0.39, 0.29) is 5.91 Å². The molecule has 0 saturated heterocycles. The summed E-state index contributed by atoms with van der Waals surface area (Å²) >= 11 is 0. The van der Waals surface area contributed by atoms with Gasteiger partial charge in [-0.15, -0.1) is 0 Å². The number of hydrogen-bond donors (Lipinski definition) is 2. The van der Waals surface area contributed by atoms with Crippen LogP contribution < -0.4 is 11.1 Å². The van der Waals surface area contributed by atoms with E-state index >= 15 is 0 Å². The van der Waals surface area contributed by atoms with Crippen molar-refractivity contribution in [2.45, 2.75) is 32.7 Å². The highest BCUT2D eigenvalue weighted by molar-refractivity contribution is 5.84. The van der Waals surface area contributed by atoms with Crippen LogP contribution in [0, 0.1) is 0 Å². The van der Waals surface area contributed by atoms with Crippen LogP contribution in [-0.2, 0) is 4.79 Å². The Bertz CT molecular complexity index is 245. The largest absolute Gasteiger partial charge is 0.368 e. The summed E-state index contributed by atoms with van der Waals surface area (Å²) < 4.78 is 0. The second-order valence-corrected chi connectivity index (χ2v) is 5.25. The zero-order valence-corrected chi connectivity index (χ0v) is 12.6. The number of likely N-dealkylation sites (N-methyl/N-ethyl adjacent to an activating group) is 2. The molecule has 0 aromatic rings. The number of nitrogens with zero attached hydrogens (tertiary/aromatic N) is 2. The highest BCUT2D eigenvalue weighted by Crippen LogP contribution is 2.07. The maximum atomic E-state index is 11.6. The first-order valence-corrected chi connectivity index (χ1v) is 6.77. The van der Waals surface area contributed by atoms with Crippen LogP contribution in [0.4, 0.5) is 0 Å². The molecule has 18 heavy (non-hydrogen) atoms. The van der Waals surface area contributed by atoms with Crippen molar-refractivity contribution in [3.8, 4) is 0 Å². The second-order valence-electron chi connectivity index (χ2n) is 5.25. The molecule has 3 N–H and O–H groups in total. The van der Waals surface area contributed by atoms with Crippen LogP contribution in [0.1, 0.15) is 27.2 Å². The van der Waals surface area contributed by atoms with Gasteiger partial charge < -0.3 is 20.9 Å². The fourth-order valence-corrected chi connectivity index (χ4v) is 2.02. The van der Waals surface area contributed by atoms with E-state index in [4.69, 9.17) is 5.73 Å². The average Bonchev–Trinajstić information content (AvgIpc) is 2.27. The molecule has 5 nitrogen and oxygen atoms in total. The van der Waals surface area contributed by atoms with Crippen molar-refractivity contribution in [3.63, 3.8) is 0 Å². The van der Waals surface area contributed by atoms with Crippen LogP contribution in [0.15, 0.2) is 0 Å². The maximum Gasteiger partial charge on any atom is 0.238 e. The standard InChI is InChI=1S/C13H30N4O/c1-6-15-13(3,12(14)18)11-17(7-2)10-8-9-16(4)5/h15H,6-11H2,1-5H3,(H2,14,18). The molecule has 0 aliphatic rings. The molecule has 0 bridgehead atoms. The summed E-state index contributed by atoms with van der Waals surface area (Å²) in [6, 6.07) is 0. The van der Waals surface area contributed by atoms with Crippen molar-refractivity contribution in [1.82, 2.24) is 15.1 Å². The van der Waals surface area contributed by atoms with Gasteiger partial charge in [-0.2, -0.15) is 0 Å². The molecule has 0 radical (unpaired) electrons. The van der Waals surface area contributed by atoms with Crippen LogP contribution in [-0.4, -0.2) is 68.1 Å². The molecule has 0 fully saturated rings. The Hall–Kier alpha value is -0.650. The van der Waals surface area contributed by atoms with E-state index in [0.717, 1.165) is 32.6 Å². The molecular weight excluding hydrogens is 228 g/mol. The molecule has 0 saturated carbocycles. The van der Waals surface area contributed by atoms with Gasteiger partial charge in [0.1, 0.15) is 5.54 Å². The minimum Gasteiger partial charge on any atom is -0.368 e. The number of carbonyl (C=O) groups is 1. The van der Waals surface area contributed by atoms with E-state index in [2.05, 4.69) is 36.1 Å². The third-order valence-electron chi connectivity index (χ3n) is 3.18. The number of nitrogens with one attached hydrogen (secondary N) is 1. The molecule has 108 valence electrons. The van der Waals surface area contributed by atoms with Gasteiger partial charge in [0.05, 0.1) is 0 Å². The van der Waals surface area contributed by atoms with Gasteiger partial charge in [0.25, 0.3) is 0 Å². The third kappa shape index (κ3) is 6.33. The normalized spacial score (nSPS) is 15.1. The first-order valence-electron chi connectivity index (χ1n) is 6.77. The third-order valence-corrected chi connectivity index (χ3v) is 3.18. The minimum atomic E-state index is -0.636. The zero-order chi connectivity index (χ0) is 14.2. The SMILES string of the molecule is CCNC(C)(CN(CC)CCCN(C)C)C(N)=O. The van der Waals surface area contributed by atoms with Gasteiger partial charge in [0.15, 0.2) is 0 Å².